The van der Waals surface area contributed by atoms with Crippen LogP contribution in [0.15, 0.2) is 36.0 Å². The van der Waals surface area contributed by atoms with E-state index in [0.717, 1.165) is 25.2 Å². The molecule has 1 heterocycles. The van der Waals surface area contributed by atoms with Crippen molar-refractivity contribution in [2.24, 2.45) is 0 Å². The molecule has 1 aliphatic rings. The monoisotopic (exact) mass is 215 g/mol. The van der Waals surface area contributed by atoms with Gasteiger partial charge in [-0.05, 0) is 30.3 Å². The highest BCUT2D eigenvalue weighted by molar-refractivity contribution is 5.34. The summed E-state index contributed by atoms with van der Waals surface area (Å²) < 4.78 is 0. The van der Waals surface area contributed by atoms with E-state index >= 15 is 0 Å². The molecule has 0 radical (unpaired) electrons. The van der Waals surface area contributed by atoms with E-state index in [1.165, 1.54) is 0 Å². The predicted octanol–water partition coefficient (Wildman–Crippen LogP) is 1.32. The summed E-state index contributed by atoms with van der Waals surface area (Å²) in [4.78, 5) is 5.39. The van der Waals surface area contributed by atoms with Crippen molar-refractivity contribution in [3.05, 3.63) is 41.6 Å². The maximum Gasteiger partial charge on any atom is 0.155 e. The molecule has 0 spiro atoms. The second kappa shape index (κ2) is 5.19. The van der Waals surface area contributed by atoms with Crippen LogP contribution in [0.1, 0.15) is 12.0 Å². The zero-order valence-electron chi connectivity index (χ0n) is 8.86. The van der Waals surface area contributed by atoms with Crippen LogP contribution in [0.5, 0.6) is 5.75 Å². The van der Waals surface area contributed by atoms with Gasteiger partial charge in [0.2, 0.25) is 0 Å². The lowest BCUT2D eigenvalue weighted by Crippen LogP contribution is -2.28. The Morgan fingerprint density at radius 3 is 2.75 bits per heavy atom. The number of nitrogens with one attached hydrogen (secondary N) is 2. The van der Waals surface area contributed by atoms with Crippen LogP contribution in [0.3, 0.4) is 0 Å². The Balaban J connectivity index is 1.89. The molecule has 16 heavy (non-hydrogen) atoms. The zero-order chi connectivity index (χ0) is 11.2. The van der Waals surface area contributed by atoms with Gasteiger partial charge in [0, 0.05) is 25.2 Å². The minimum absolute atomic E-state index is 0.633. The molecule has 0 atom stereocenters. The number of hydrogen-bond acceptors (Lipinski definition) is 4. The Bertz CT molecular complexity index is 417. The van der Waals surface area contributed by atoms with E-state index in [0.29, 0.717) is 11.3 Å². The first-order valence-electron chi connectivity index (χ1n) is 5.21. The van der Waals surface area contributed by atoms with Crippen molar-refractivity contribution in [3.8, 4) is 11.8 Å². The predicted molar refractivity (Wildman–Crippen MR) is 60.5 cm³/mol. The summed E-state index contributed by atoms with van der Waals surface area (Å²) in [6, 6.07) is 9.07. The quantitative estimate of drug-likeness (QED) is 0.747. The maximum atomic E-state index is 8.64. The van der Waals surface area contributed by atoms with Gasteiger partial charge in [-0.25, -0.2) is 5.48 Å². The molecule has 1 aromatic carbocycles. The summed E-state index contributed by atoms with van der Waals surface area (Å²) in [5.41, 5.74) is 4.63. The molecule has 0 saturated heterocycles. The molecule has 0 fully saturated rings. The van der Waals surface area contributed by atoms with E-state index in [1.54, 1.807) is 24.3 Å². The zero-order valence-corrected chi connectivity index (χ0v) is 8.86. The molecule has 2 N–H and O–H groups in total. The van der Waals surface area contributed by atoms with Crippen molar-refractivity contribution < 1.29 is 4.84 Å². The van der Waals surface area contributed by atoms with Gasteiger partial charge in [-0.3, -0.25) is 0 Å². The van der Waals surface area contributed by atoms with Crippen molar-refractivity contribution in [2.45, 2.75) is 6.42 Å². The van der Waals surface area contributed by atoms with Crippen LogP contribution in [0.25, 0.3) is 0 Å². The third-order valence-electron chi connectivity index (χ3n) is 2.35. The minimum atomic E-state index is 0.633. The van der Waals surface area contributed by atoms with Gasteiger partial charge >= 0.3 is 0 Å². The summed E-state index contributed by atoms with van der Waals surface area (Å²) in [6.45, 7) is 1.84. The minimum Gasteiger partial charge on any atom is -0.383 e. The number of rotatable bonds is 3. The average Bonchev–Trinajstić information content (AvgIpc) is 2.38. The van der Waals surface area contributed by atoms with Gasteiger partial charge in [-0.2, -0.15) is 5.26 Å². The standard InChI is InChI=1S/C12H13N3O/c13-9-10-1-3-12(4-2-10)16-15-11-5-7-14-8-6-11/h1-5,14-15H,6-8H2. The highest BCUT2D eigenvalue weighted by Gasteiger charge is 2.02. The van der Waals surface area contributed by atoms with E-state index in [1.807, 2.05) is 0 Å². The lowest BCUT2D eigenvalue weighted by atomic mass is 10.2. The van der Waals surface area contributed by atoms with Gasteiger partial charge < -0.3 is 10.2 Å². The molecular formula is C12H13N3O. The normalized spacial score (nSPS) is 14.8. The van der Waals surface area contributed by atoms with E-state index in [2.05, 4.69) is 22.9 Å². The Kier molecular flexibility index (Phi) is 3.42. The largest absolute Gasteiger partial charge is 0.383 e. The lowest BCUT2D eigenvalue weighted by Gasteiger charge is -2.15. The fourth-order valence-electron chi connectivity index (χ4n) is 1.44. The van der Waals surface area contributed by atoms with Crippen LogP contribution < -0.4 is 15.6 Å². The molecular weight excluding hydrogens is 202 g/mol. The van der Waals surface area contributed by atoms with Gasteiger partial charge in [0.1, 0.15) is 0 Å². The molecule has 0 bridgehead atoms. The number of nitriles is 1. The van der Waals surface area contributed by atoms with Gasteiger partial charge in [0.15, 0.2) is 5.75 Å². The third kappa shape index (κ3) is 2.75. The first-order valence-corrected chi connectivity index (χ1v) is 5.21. The van der Waals surface area contributed by atoms with Gasteiger partial charge in [0.25, 0.3) is 0 Å². The van der Waals surface area contributed by atoms with Crippen molar-refractivity contribution >= 4 is 0 Å². The molecule has 82 valence electrons. The summed E-state index contributed by atoms with van der Waals surface area (Å²) >= 11 is 0. The van der Waals surface area contributed by atoms with Crippen LogP contribution >= 0.6 is 0 Å². The Labute approximate surface area is 94.5 Å². The average molecular weight is 215 g/mol. The first-order chi connectivity index (χ1) is 7.88. The van der Waals surface area contributed by atoms with Crippen molar-refractivity contribution in [1.29, 1.82) is 5.26 Å². The first kappa shape index (κ1) is 10.5. The van der Waals surface area contributed by atoms with Crippen LogP contribution in [-0.4, -0.2) is 13.1 Å². The number of hydroxylamine groups is 1. The third-order valence-corrected chi connectivity index (χ3v) is 2.35. The highest BCUT2D eigenvalue weighted by Crippen LogP contribution is 2.11. The Morgan fingerprint density at radius 1 is 1.31 bits per heavy atom. The Hall–Kier alpha value is -1.99. The number of nitrogens with zero attached hydrogens (tertiary/aromatic N) is 1. The lowest BCUT2D eigenvalue weighted by molar-refractivity contribution is 0.222. The molecule has 0 aromatic heterocycles. The van der Waals surface area contributed by atoms with Crippen LogP contribution in [0.2, 0.25) is 0 Å². The fraction of sp³-hybridized carbons (Fsp3) is 0.250. The highest BCUT2D eigenvalue weighted by atomic mass is 16.6. The van der Waals surface area contributed by atoms with Crippen molar-refractivity contribution in [3.63, 3.8) is 0 Å². The SMILES string of the molecule is N#Cc1ccc(ONC2=CCNCC2)cc1. The van der Waals surface area contributed by atoms with E-state index in [-0.39, 0.29) is 0 Å². The molecule has 4 heteroatoms. The molecule has 0 unspecified atom stereocenters. The summed E-state index contributed by atoms with van der Waals surface area (Å²) in [5, 5.41) is 11.9. The van der Waals surface area contributed by atoms with Crippen LogP contribution in [0, 0.1) is 11.3 Å². The molecule has 1 aliphatic heterocycles. The maximum absolute atomic E-state index is 8.64. The van der Waals surface area contributed by atoms with Gasteiger partial charge in [-0.1, -0.05) is 0 Å². The van der Waals surface area contributed by atoms with E-state index < -0.39 is 0 Å². The number of benzene rings is 1. The molecule has 0 amide bonds. The molecule has 4 nitrogen and oxygen atoms in total. The number of hydrogen-bond donors (Lipinski definition) is 2. The summed E-state index contributed by atoms with van der Waals surface area (Å²) in [5.74, 6) is 0.707. The molecule has 0 saturated carbocycles. The van der Waals surface area contributed by atoms with Crippen LogP contribution in [-0.2, 0) is 0 Å². The van der Waals surface area contributed by atoms with E-state index in [9.17, 15) is 0 Å². The van der Waals surface area contributed by atoms with Crippen LogP contribution in [0.4, 0.5) is 0 Å². The second-order valence-electron chi connectivity index (χ2n) is 3.52. The fourth-order valence-corrected chi connectivity index (χ4v) is 1.44. The Morgan fingerprint density at radius 2 is 2.12 bits per heavy atom. The smallest absolute Gasteiger partial charge is 0.155 e. The molecule has 2 rings (SSSR count). The van der Waals surface area contributed by atoms with Crippen molar-refractivity contribution in [1.82, 2.24) is 10.8 Å². The molecule has 0 aliphatic carbocycles. The van der Waals surface area contributed by atoms with E-state index in [4.69, 9.17) is 10.1 Å². The molecule has 1 aromatic rings. The van der Waals surface area contributed by atoms with Gasteiger partial charge in [-0.15, -0.1) is 0 Å². The topological polar surface area (TPSA) is 57.1 Å². The van der Waals surface area contributed by atoms with Gasteiger partial charge in [0.05, 0.1) is 11.6 Å². The van der Waals surface area contributed by atoms with Crippen molar-refractivity contribution in [2.75, 3.05) is 13.1 Å². The second-order valence-corrected chi connectivity index (χ2v) is 3.52. The summed E-state index contributed by atoms with van der Waals surface area (Å²) in [7, 11) is 0. The summed E-state index contributed by atoms with van der Waals surface area (Å²) in [6.07, 6.45) is 3.00.